The van der Waals surface area contributed by atoms with Gasteiger partial charge in [-0.15, -0.1) is 0 Å². The van der Waals surface area contributed by atoms with E-state index in [4.69, 9.17) is 34.8 Å². The van der Waals surface area contributed by atoms with Crippen molar-refractivity contribution in [2.45, 2.75) is 5.92 Å². The molecular formula is C21H15Cl3. The Kier molecular flexibility index (Phi) is 5.63. The van der Waals surface area contributed by atoms with E-state index in [2.05, 4.69) is 6.08 Å². The first-order chi connectivity index (χ1) is 11.6. The van der Waals surface area contributed by atoms with Crippen molar-refractivity contribution in [3.8, 4) is 0 Å². The van der Waals surface area contributed by atoms with Crippen LogP contribution in [0.4, 0.5) is 0 Å². The van der Waals surface area contributed by atoms with Crippen molar-refractivity contribution in [3.05, 3.63) is 112 Å². The van der Waals surface area contributed by atoms with Crippen LogP contribution in [-0.2, 0) is 0 Å². The Morgan fingerprint density at radius 1 is 0.667 bits per heavy atom. The van der Waals surface area contributed by atoms with E-state index in [0.717, 1.165) is 16.7 Å². The Balaban J connectivity index is 2.04. The zero-order chi connectivity index (χ0) is 16.9. The Morgan fingerprint density at radius 3 is 1.58 bits per heavy atom. The molecular weight excluding hydrogens is 359 g/mol. The van der Waals surface area contributed by atoms with Gasteiger partial charge in [-0.05, 0) is 41.0 Å². The molecule has 0 N–H and O–H groups in total. The van der Waals surface area contributed by atoms with E-state index in [1.165, 1.54) is 0 Å². The first-order valence-corrected chi connectivity index (χ1v) is 8.70. The number of rotatable bonds is 4. The summed E-state index contributed by atoms with van der Waals surface area (Å²) in [7, 11) is 0. The molecule has 0 spiro atoms. The fourth-order valence-electron chi connectivity index (χ4n) is 2.57. The predicted molar refractivity (Wildman–Crippen MR) is 105 cm³/mol. The van der Waals surface area contributed by atoms with Crippen molar-refractivity contribution in [3.63, 3.8) is 0 Å². The summed E-state index contributed by atoms with van der Waals surface area (Å²) in [6.07, 6.45) is 2.06. The molecule has 24 heavy (non-hydrogen) atoms. The molecule has 3 rings (SSSR count). The molecule has 0 aromatic heterocycles. The van der Waals surface area contributed by atoms with Gasteiger partial charge in [0.25, 0.3) is 0 Å². The number of allylic oxidation sites excluding steroid dienone is 1. The topological polar surface area (TPSA) is 0 Å². The summed E-state index contributed by atoms with van der Waals surface area (Å²) >= 11 is 18.6. The second kappa shape index (κ2) is 7.90. The van der Waals surface area contributed by atoms with Gasteiger partial charge in [0, 0.05) is 21.0 Å². The van der Waals surface area contributed by atoms with Gasteiger partial charge in [-0.3, -0.25) is 0 Å². The second-order valence-electron chi connectivity index (χ2n) is 5.46. The van der Waals surface area contributed by atoms with Crippen molar-refractivity contribution in [1.82, 2.24) is 0 Å². The summed E-state index contributed by atoms with van der Waals surface area (Å²) in [6.45, 7) is 0. The van der Waals surface area contributed by atoms with Crippen LogP contribution >= 0.6 is 34.8 Å². The number of hydrogen-bond acceptors (Lipinski definition) is 0. The summed E-state index contributed by atoms with van der Waals surface area (Å²) in [5.74, 6) is 0.0206. The van der Waals surface area contributed by atoms with Gasteiger partial charge in [-0.2, -0.15) is 0 Å². The standard InChI is InChI=1S/C21H15Cl3/c22-18-10-6-15(7-11-18)20(16-8-12-19(23)13-9-16)14-21(24)17-4-2-1-3-5-17/h1-14,20H. The molecule has 3 aromatic rings. The molecule has 0 nitrogen and oxygen atoms in total. The molecule has 0 aliphatic carbocycles. The van der Waals surface area contributed by atoms with E-state index in [-0.39, 0.29) is 5.92 Å². The Hall–Kier alpha value is -1.73. The number of benzene rings is 3. The lowest BCUT2D eigenvalue weighted by molar-refractivity contribution is 1.03. The van der Waals surface area contributed by atoms with Crippen molar-refractivity contribution in [2.75, 3.05) is 0 Å². The normalized spacial score (nSPS) is 11.8. The van der Waals surface area contributed by atoms with Crippen LogP contribution in [0.2, 0.25) is 10.0 Å². The molecule has 0 aliphatic rings. The van der Waals surface area contributed by atoms with Crippen LogP contribution in [0.25, 0.3) is 5.03 Å². The highest BCUT2D eigenvalue weighted by Gasteiger charge is 2.13. The van der Waals surface area contributed by atoms with Crippen molar-refractivity contribution in [2.24, 2.45) is 0 Å². The molecule has 3 heteroatoms. The van der Waals surface area contributed by atoms with E-state index >= 15 is 0 Å². The highest BCUT2D eigenvalue weighted by molar-refractivity contribution is 6.48. The lowest BCUT2D eigenvalue weighted by Gasteiger charge is -2.15. The minimum atomic E-state index is 0.0206. The van der Waals surface area contributed by atoms with Crippen molar-refractivity contribution >= 4 is 39.8 Å². The molecule has 0 heterocycles. The average Bonchev–Trinajstić information content (AvgIpc) is 2.62. The first kappa shape index (κ1) is 17.1. The largest absolute Gasteiger partial charge is 0.0843 e. The maximum absolute atomic E-state index is 6.57. The fraction of sp³-hybridized carbons (Fsp3) is 0.0476. The highest BCUT2D eigenvalue weighted by atomic mass is 35.5. The Morgan fingerprint density at radius 2 is 1.12 bits per heavy atom. The minimum absolute atomic E-state index is 0.0206. The van der Waals surface area contributed by atoms with Crippen LogP contribution in [0.3, 0.4) is 0 Å². The van der Waals surface area contributed by atoms with E-state index in [9.17, 15) is 0 Å². The average molecular weight is 374 g/mol. The third-order valence-electron chi connectivity index (χ3n) is 3.82. The molecule has 0 atom stereocenters. The summed E-state index contributed by atoms with van der Waals surface area (Å²) < 4.78 is 0. The zero-order valence-electron chi connectivity index (χ0n) is 12.8. The smallest absolute Gasteiger partial charge is 0.0448 e. The number of hydrogen-bond donors (Lipinski definition) is 0. The maximum Gasteiger partial charge on any atom is 0.0448 e. The van der Waals surface area contributed by atoms with Crippen LogP contribution < -0.4 is 0 Å². The van der Waals surface area contributed by atoms with E-state index in [1.807, 2.05) is 78.9 Å². The summed E-state index contributed by atoms with van der Waals surface area (Å²) in [5, 5.41) is 2.14. The zero-order valence-corrected chi connectivity index (χ0v) is 15.1. The third-order valence-corrected chi connectivity index (χ3v) is 4.67. The predicted octanol–water partition coefficient (Wildman–Crippen LogP) is 7.41. The van der Waals surface area contributed by atoms with Crippen molar-refractivity contribution < 1.29 is 0 Å². The van der Waals surface area contributed by atoms with Gasteiger partial charge in [0.1, 0.15) is 0 Å². The lowest BCUT2D eigenvalue weighted by atomic mass is 9.90. The van der Waals surface area contributed by atoms with E-state index < -0.39 is 0 Å². The molecule has 0 saturated heterocycles. The Labute approximate surface area is 157 Å². The van der Waals surface area contributed by atoms with Gasteiger partial charge in [0.05, 0.1) is 0 Å². The minimum Gasteiger partial charge on any atom is -0.0843 e. The van der Waals surface area contributed by atoms with Crippen LogP contribution in [0.1, 0.15) is 22.6 Å². The van der Waals surface area contributed by atoms with Crippen molar-refractivity contribution in [1.29, 1.82) is 0 Å². The summed E-state index contributed by atoms with van der Waals surface area (Å²) in [6, 6.07) is 25.6. The molecule has 0 unspecified atom stereocenters. The monoisotopic (exact) mass is 372 g/mol. The van der Waals surface area contributed by atoms with Crippen LogP contribution in [0, 0.1) is 0 Å². The molecule has 0 radical (unpaired) electrons. The molecule has 0 saturated carbocycles. The van der Waals surface area contributed by atoms with Gasteiger partial charge in [-0.1, -0.05) is 95.5 Å². The molecule has 0 amide bonds. The summed E-state index contributed by atoms with van der Waals surface area (Å²) in [4.78, 5) is 0. The molecule has 120 valence electrons. The molecule has 3 aromatic carbocycles. The van der Waals surface area contributed by atoms with Gasteiger partial charge < -0.3 is 0 Å². The first-order valence-electron chi connectivity index (χ1n) is 7.57. The molecule has 0 aliphatic heterocycles. The van der Waals surface area contributed by atoms with E-state index in [0.29, 0.717) is 15.1 Å². The van der Waals surface area contributed by atoms with Gasteiger partial charge in [0.15, 0.2) is 0 Å². The van der Waals surface area contributed by atoms with Gasteiger partial charge in [0.2, 0.25) is 0 Å². The fourth-order valence-corrected chi connectivity index (χ4v) is 3.07. The maximum atomic E-state index is 6.57. The van der Waals surface area contributed by atoms with Crippen LogP contribution in [0.5, 0.6) is 0 Å². The van der Waals surface area contributed by atoms with Crippen LogP contribution in [-0.4, -0.2) is 0 Å². The second-order valence-corrected chi connectivity index (χ2v) is 6.74. The third kappa shape index (κ3) is 4.21. The lowest BCUT2D eigenvalue weighted by Crippen LogP contribution is -1.98. The summed E-state index contributed by atoms with van der Waals surface area (Å²) in [5.41, 5.74) is 3.23. The SMILES string of the molecule is ClC(=CC(c1ccc(Cl)cc1)c1ccc(Cl)cc1)c1ccccc1. The van der Waals surface area contributed by atoms with Gasteiger partial charge >= 0.3 is 0 Å². The van der Waals surface area contributed by atoms with Crippen LogP contribution in [0.15, 0.2) is 84.9 Å². The molecule has 0 bridgehead atoms. The van der Waals surface area contributed by atoms with Gasteiger partial charge in [-0.25, -0.2) is 0 Å². The quantitative estimate of drug-likeness (QED) is 0.446. The highest BCUT2D eigenvalue weighted by Crippen LogP contribution is 2.32. The van der Waals surface area contributed by atoms with E-state index in [1.54, 1.807) is 0 Å². The Bertz CT molecular complexity index is 774. The number of halogens is 3. The molecule has 0 fully saturated rings.